The Morgan fingerprint density at radius 3 is 2.42 bits per heavy atom. The molecule has 0 aromatic heterocycles. The number of nitrogens with one attached hydrogen (secondary N) is 3. The van der Waals surface area contributed by atoms with Gasteiger partial charge in [-0.3, -0.25) is 19.3 Å². The lowest BCUT2D eigenvalue weighted by Gasteiger charge is -2.19. The lowest BCUT2D eigenvalue weighted by molar-refractivity contribution is -0.131. The van der Waals surface area contributed by atoms with Crippen LogP contribution in [0, 0.1) is 0 Å². The van der Waals surface area contributed by atoms with Crippen LogP contribution in [0.2, 0.25) is 0 Å². The minimum atomic E-state index is -0.770. The van der Waals surface area contributed by atoms with E-state index in [9.17, 15) is 19.2 Å². The third kappa shape index (κ3) is 4.67. The molecule has 1 spiro atoms. The molecule has 5 amide bonds. The number of amides is 5. The van der Waals surface area contributed by atoms with Crippen LogP contribution in [0.3, 0.4) is 0 Å². The predicted molar refractivity (Wildman–Crippen MR) is 122 cm³/mol. The van der Waals surface area contributed by atoms with E-state index in [1.807, 2.05) is 6.07 Å². The van der Waals surface area contributed by atoms with Gasteiger partial charge in [-0.25, -0.2) is 4.79 Å². The number of urea groups is 1. The molecule has 4 rings (SSSR count). The standard InChI is InChI=1S/C24H26N4O5/c1-33-19-7-3-2-6-18(19)26-21(30)16-8-10-17(11-9-16)25-20(29)12-15-28-22(31)24(27-23(28)32)13-4-5-14-24/h2-3,6-11H,4-5,12-15H2,1H3,(H,25,29)(H,26,30)(H,27,32). The van der Waals surface area contributed by atoms with E-state index in [4.69, 9.17) is 4.74 Å². The summed E-state index contributed by atoms with van der Waals surface area (Å²) in [6, 6.07) is 13.1. The predicted octanol–water partition coefficient (Wildman–Crippen LogP) is 3.14. The Morgan fingerprint density at radius 2 is 1.73 bits per heavy atom. The molecule has 9 heteroatoms. The summed E-state index contributed by atoms with van der Waals surface area (Å²) in [5.41, 5.74) is 0.717. The summed E-state index contributed by atoms with van der Waals surface area (Å²) in [7, 11) is 1.53. The van der Waals surface area contributed by atoms with E-state index in [0.29, 0.717) is 35.5 Å². The molecule has 2 aromatic rings. The van der Waals surface area contributed by atoms with E-state index in [-0.39, 0.29) is 30.7 Å². The monoisotopic (exact) mass is 450 g/mol. The first-order valence-electron chi connectivity index (χ1n) is 10.9. The van der Waals surface area contributed by atoms with Crippen LogP contribution in [-0.4, -0.2) is 47.8 Å². The lowest BCUT2D eigenvalue weighted by Crippen LogP contribution is -2.44. The molecule has 2 aliphatic rings. The van der Waals surface area contributed by atoms with Crippen molar-refractivity contribution < 1.29 is 23.9 Å². The van der Waals surface area contributed by atoms with Gasteiger partial charge in [0, 0.05) is 24.2 Å². The zero-order valence-electron chi connectivity index (χ0n) is 18.3. The molecule has 2 aromatic carbocycles. The molecule has 0 bridgehead atoms. The van der Waals surface area contributed by atoms with Crippen molar-refractivity contribution in [3.05, 3.63) is 54.1 Å². The Balaban J connectivity index is 1.30. The average molecular weight is 450 g/mol. The topological polar surface area (TPSA) is 117 Å². The van der Waals surface area contributed by atoms with E-state index < -0.39 is 11.6 Å². The third-order valence-electron chi connectivity index (χ3n) is 6.05. The first-order valence-corrected chi connectivity index (χ1v) is 10.9. The number of rotatable bonds is 7. The molecule has 9 nitrogen and oxygen atoms in total. The lowest BCUT2D eigenvalue weighted by atomic mass is 9.98. The number of methoxy groups -OCH3 is 1. The smallest absolute Gasteiger partial charge is 0.325 e. The fraction of sp³-hybridized carbons (Fsp3) is 0.333. The average Bonchev–Trinajstić information content (AvgIpc) is 3.37. The summed E-state index contributed by atoms with van der Waals surface area (Å²) in [5.74, 6) is -0.312. The highest BCUT2D eigenvalue weighted by Crippen LogP contribution is 2.35. The molecule has 0 radical (unpaired) electrons. The van der Waals surface area contributed by atoms with Crippen LogP contribution in [0.5, 0.6) is 5.75 Å². The minimum absolute atomic E-state index is 0.00865. The fourth-order valence-corrected chi connectivity index (χ4v) is 4.28. The fourth-order valence-electron chi connectivity index (χ4n) is 4.28. The molecule has 1 saturated carbocycles. The molecule has 0 unspecified atom stereocenters. The molecule has 0 atom stereocenters. The van der Waals surface area contributed by atoms with Crippen molar-refractivity contribution in [2.45, 2.75) is 37.6 Å². The van der Waals surface area contributed by atoms with E-state index in [2.05, 4.69) is 16.0 Å². The molecule has 3 N–H and O–H groups in total. The molecular weight excluding hydrogens is 424 g/mol. The molecule has 172 valence electrons. The maximum absolute atomic E-state index is 12.6. The highest BCUT2D eigenvalue weighted by atomic mass is 16.5. The molecule has 1 aliphatic heterocycles. The van der Waals surface area contributed by atoms with Gasteiger partial charge in [-0.15, -0.1) is 0 Å². The number of carbonyl (C=O) groups excluding carboxylic acids is 4. The Bertz CT molecular complexity index is 1080. The highest BCUT2D eigenvalue weighted by molar-refractivity contribution is 6.08. The van der Waals surface area contributed by atoms with Crippen molar-refractivity contribution in [1.29, 1.82) is 0 Å². The summed E-state index contributed by atoms with van der Waals surface area (Å²) in [6.07, 6.45) is 3.11. The van der Waals surface area contributed by atoms with Gasteiger partial charge in [0.25, 0.3) is 11.8 Å². The number of ether oxygens (including phenoxy) is 1. The molecule has 2 fully saturated rings. The summed E-state index contributed by atoms with van der Waals surface area (Å²) in [4.78, 5) is 50.8. The number of anilines is 2. The van der Waals surface area contributed by atoms with Gasteiger partial charge in [0.05, 0.1) is 12.8 Å². The minimum Gasteiger partial charge on any atom is -0.495 e. The second-order valence-corrected chi connectivity index (χ2v) is 8.21. The highest BCUT2D eigenvalue weighted by Gasteiger charge is 2.52. The number of para-hydroxylation sites is 2. The molecule has 33 heavy (non-hydrogen) atoms. The zero-order valence-corrected chi connectivity index (χ0v) is 18.3. The van der Waals surface area contributed by atoms with Crippen LogP contribution >= 0.6 is 0 Å². The second kappa shape index (κ2) is 9.32. The number of nitrogens with zero attached hydrogens (tertiary/aromatic N) is 1. The Morgan fingerprint density at radius 1 is 1.03 bits per heavy atom. The summed E-state index contributed by atoms with van der Waals surface area (Å²) in [6.45, 7) is 0.0254. The van der Waals surface area contributed by atoms with Crippen molar-refractivity contribution in [1.82, 2.24) is 10.2 Å². The summed E-state index contributed by atoms with van der Waals surface area (Å²) in [5, 5.41) is 8.33. The van der Waals surface area contributed by atoms with Crippen molar-refractivity contribution in [3.63, 3.8) is 0 Å². The van der Waals surface area contributed by atoms with E-state index in [1.165, 1.54) is 7.11 Å². The number of benzene rings is 2. The zero-order chi connectivity index (χ0) is 23.4. The maximum Gasteiger partial charge on any atom is 0.325 e. The van der Waals surface area contributed by atoms with Gasteiger partial charge >= 0.3 is 6.03 Å². The van der Waals surface area contributed by atoms with Gasteiger partial charge in [0.1, 0.15) is 11.3 Å². The number of imide groups is 1. The van der Waals surface area contributed by atoms with Crippen molar-refractivity contribution >= 4 is 35.1 Å². The van der Waals surface area contributed by atoms with E-state index in [1.54, 1.807) is 42.5 Å². The Kier molecular flexibility index (Phi) is 6.30. The van der Waals surface area contributed by atoms with Gasteiger partial charge in [-0.05, 0) is 49.2 Å². The number of carbonyl (C=O) groups is 4. The molecule has 1 heterocycles. The Labute approximate surface area is 191 Å². The SMILES string of the molecule is COc1ccccc1NC(=O)c1ccc(NC(=O)CCN2C(=O)NC3(CCCC3)C2=O)cc1. The van der Waals surface area contributed by atoms with Crippen molar-refractivity contribution in [2.24, 2.45) is 0 Å². The van der Waals surface area contributed by atoms with Crippen LogP contribution in [-0.2, 0) is 9.59 Å². The number of hydrogen-bond acceptors (Lipinski definition) is 5. The van der Waals surface area contributed by atoms with Gasteiger partial charge in [-0.2, -0.15) is 0 Å². The van der Waals surface area contributed by atoms with Gasteiger partial charge in [0.15, 0.2) is 0 Å². The van der Waals surface area contributed by atoms with Crippen LogP contribution in [0.15, 0.2) is 48.5 Å². The molecule has 1 aliphatic carbocycles. The summed E-state index contributed by atoms with van der Waals surface area (Å²) >= 11 is 0. The van der Waals surface area contributed by atoms with Crippen LogP contribution in [0.4, 0.5) is 16.2 Å². The first kappa shape index (κ1) is 22.3. The van der Waals surface area contributed by atoms with Crippen LogP contribution < -0.4 is 20.7 Å². The van der Waals surface area contributed by atoms with E-state index >= 15 is 0 Å². The van der Waals surface area contributed by atoms with Crippen LogP contribution in [0.1, 0.15) is 42.5 Å². The van der Waals surface area contributed by atoms with Crippen LogP contribution in [0.25, 0.3) is 0 Å². The molecule has 1 saturated heterocycles. The molecular formula is C24H26N4O5. The third-order valence-corrected chi connectivity index (χ3v) is 6.05. The normalized spacial score (nSPS) is 16.6. The number of hydrogen-bond donors (Lipinski definition) is 3. The van der Waals surface area contributed by atoms with Crippen molar-refractivity contribution in [3.8, 4) is 5.75 Å². The largest absolute Gasteiger partial charge is 0.495 e. The van der Waals surface area contributed by atoms with Gasteiger partial charge in [-0.1, -0.05) is 25.0 Å². The second-order valence-electron chi connectivity index (χ2n) is 8.21. The van der Waals surface area contributed by atoms with Crippen molar-refractivity contribution in [2.75, 3.05) is 24.3 Å². The van der Waals surface area contributed by atoms with E-state index in [0.717, 1.165) is 17.7 Å². The summed E-state index contributed by atoms with van der Waals surface area (Å²) < 4.78 is 5.23. The quantitative estimate of drug-likeness (QED) is 0.561. The maximum atomic E-state index is 12.6. The first-order chi connectivity index (χ1) is 15.9. The van der Waals surface area contributed by atoms with Gasteiger partial charge in [0.2, 0.25) is 5.91 Å². The van der Waals surface area contributed by atoms with Gasteiger partial charge < -0.3 is 20.7 Å². The Hall–Kier alpha value is -3.88.